The number of rotatable bonds is 11. The van der Waals surface area contributed by atoms with E-state index in [0.717, 1.165) is 19.4 Å². The van der Waals surface area contributed by atoms with E-state index in [1.165, 1.54) is 0 Å². The average molecular weight is 292 g/mol. The van der Waals surface area contributed by atoms with Gasteiger partial charge >= 0.3 is 0 Å². The molecule has 1 aromatic rings. The van der Waals surface area contributed by atoms with Crippen LogP contribution in [0.4, 0.5) is 0 Å². The maximum Gasteiger partial charge on any atom is 0.120 e. The van der Waals surface area contributed by atoms with Crippen LogP contribution in [-0.2, 0) is 4.74 Å². The van der Waals surface area contributed by atoms with Crippen molar-refractivity contribution in [2.45, 2.75) is 25.9 Å². The van der Waals surface area contributed by atoms with Gasteiger partial charge in [-0.1, -0.05) is 19.4 Å². The molecule has 2 N–H and O–H groups in total. The van der Waals surface area contributed by atoms with Crippen molar-refractivity contribution in [2.24, 2.45) is 0 Å². The third-order valence-electron chi connectivity index (χ3n) is 2.85. The molecule has 0 spiro atoms. The van der Waals surface area contributed by atoms with Crippen LogP contribution in [0.15, 0.2) is 24.3 Å². The minimum absolute atomic E-state index is 0.193. The standard InChI is InChI=1S/C16H24N2O3/c1-2-3-8-20-9-7-18-12-15(19)13-21-16-6-4-5-14(10-16)11-17/h4-6,10,15,18-19H,2-3,7-9,12-13H2,1H3. The van der Waals surface area contributed by atoms with Gasteiger partial charge in [-0.25, -0.2) is 0 Å². The topological polar surface area (TPSA) is 74.5 Å². The van der Waals surface area contributed by atoms with E-state index < -0.39 is 6.10 Å². The Morgan fingerprint density at radius 3 is 3.00 bits per heavy atom. The lowest BCUT2D eigenvalue weighted by atomic mass is 10.2. The maximum absolute atomic E-state index is 9.78. The molecule has 1 rings (SSSR count). The Morgan fingerprint density at radius 2 is 2.24 bits per heavy atom. The number of ether oxygens (including phenoxy) is 2. The molecular formula is C16H24N2O3. The second kappa shape index (κ2) is 11.1. The summed E-state index contributed by atoms with van der Waals surface area (Å²) < 4.78 is 10.9. The summed E-state index contributed by atoms with van der Waals surface area (Å²) in [5.41, 5.74) is 0.546. The third-order valence-corrected chi connectivity index (χ3v) is 2.85. The number of aliphatic hydroxyl groups is 1. The van der Waals surface area contributed by atoms with Gasteiger partial charge in [0.25, 0.3) is 0 Å². The summed E-state index contributed by atoms with van der Waals surface area (Å²) in [5.74, 6) is 0.594. The van der Waals surface area contributed by atoms with Crippen LogP contribution in [0.2, 0.25) is 0 Å². The molecule has 5 heteroatoms. The van der Waals surface area contributed by atoms with E-state index in [-0.39, 0.29) is 6.61 Å². The predicted octanol–water partition coefficient (Wildman–Crippen LogP) is 1.70. The highest BCUT2D eigenvalue weighted by atomic mass is 16.5. The monoisotopic (exact) mass is 292 g/mol. The molecule has 1 aromatic carbocycles. The first-order valence-electron chi connectivity index (χ1n) is 7.35. The molecular weight excluding hydrogens is 268 g/mol. The quantitative estimate of drug-likeness (QED) is 0.607. The SMILES string of the molecule is CCCCOCCNCC(O)COc1cccc(C#N)c1. The maximum atomic E-state index is 9.78. The van der Waals surface area contributed by atoms with Crippen molar-refractivity contribution in [2.75, 3.05) is 32.9 Å². The van der Waals surface area contributed by atoms with E-state index in [9.17, 15) is 5.11 Å². The van der Waals surface area contributed by atoms with Crippen LogP contribution in [-0.4, -0.2) is 44.1 Å². The Hall–Kier alpha value is -1.61. The van der Waals surface area contributed by atoms with Crippen LogP contribution in [0, 0.1) is 11.3 Å². The van der Waals surface area contributed by atoms with Crippen LogP contribution in [0.3, 0.4) is 0 Å². The van der Waals surface area contributed by atoms with Gasteiger partial charge in [-0.3, -0.25) is 0 Å². The van der Waals surface area contributed by atoms with Crippen LogP contribution in [0.1, 0.15) is 25.3 Å². The summed E-state index contributed by atoms with van der Waals surface area (Å²) >= 11 is 0. The summed E-state index contributed by atoms with van der Waals surface area (Å²) in [6.45, 7) is 4.93. The zero-order valence-electron chi connectivity index (χ0n) is 12.5. The molecule has 21 heavy (non-hydrogen) atoms. The number of nitriles is 1. The Kier molecular flexibility index (Phi) is 9.21. The zero-order valence-corrected chi connectivity index (χ0v) is 12.5. The summed E-state index contributed by atoms with van der Waals surface area (Å²) in [6, 6.07) is 8.94. The summed E-state index contributed by atoms with van der Waals surface area (Å²) in [7, 11) is 0. The zero-order chi connectivity index (χ0) is 15.3. The van der Waals surface area contributed by atoms with Crippen LogP contribution >= 0.6 is 0 Å². The number of benzene rings is 1. The van der Waals surface area contributed by atoms with Gasteiger partial charge in [-0.05, 0) is 24.6 Å². The summed E-state index contributed by atoms with van der Waals surface area (Å²) in [6.07, 6.45) is 1.63. The van der Waals surface area contributed by atoms with Gasteiger partial charge in [0, 0.05) is 19.7 Å². The Balaban J connectivity index is 2.08. The van der Waals surface area contributed by atoms with Crippen molar-refractivity contribution >= 4 is 0 Å². The van der Waals surface area contributed by atoms with E-state index in [1.54, 1.807) is 24.3 Å². The van der Waals surface area contributed by atoms with Gasteiger partial charge in [0.1, 0.15) is 18.5 Å². The van der Waals surface area contributed by atoms with E-state index in [4.69, 9.17) is 14.7 Å². The first kappa shape index (κ1) is 17.4. The number of aliphatic hydroxyl groups excluding tert-OH is 1. The first-order valence-corrected chi connectivity index (χ1v) is 7.35. The lowest BCUT2D eigenvalue weighted by Gasteiger charge is -2.13. The van der Waals surface area contributed by atoms with Crippen LogP contribution in [0.25, 0.3) is 0 Å². The van der Waals surface area contributed by atoms with Gasteiger partial charge in [-0.15, -0.1) is 0 Å². The van der Waals surface area contributed by atoms with Gasteiger partial charge < -0.3 is 19.9 Å². The normalized spacial score (nSPS) is 11.9. The summed E-state index contributed by atoms with van der Waals surface area (Å²) in [5, 5.41) is 21.7. The molecule has 0 heterocycles. The number of hydrogen-bond donors (Lipinski definition) is 2. The highest BCUT2D eigenvalue weighted by Crippen LogP contribution is 2.12. The van der Waals surface area contributed by atoms with Crippen LogP contribution < -0.4 is 10.1 Å². The van der Waals surface area contributed by atoms with Gasteiger partial charge in [0.05, 0.1) is 18.2 Å². The average Bonchev–Trinajstić information content (AvgIpc) is 2.52. The number of hydrogen-bond acceptors (Lipinski definition) is 5. The lowest BCUT2D eigenvalue weighted by Crippen LogP contribution is -2.33. The molecule has 0 aliphatic heterocycles. The van der Waals surface area contributed by atoms with Gasteiger partial charge in [-0.2, -0.15) is 5.26 Å². The minimum Gasteiger partial charge on any atom is -0.491 e. The smallest absolute Gasteiger partial charge is 0.120 e. The highest BCUT2D eigenvalue weighted by Gasteiger charge is 2.05. The number of unbranched alkanes of at least 4 members (excludes halogenated alkanes) is 1. The van der Waals surface area contributed by atoms with Crippen molar-refractivity contribution in [3.63, 3.8) is 0 Å². The minimum atomic E-state index is -0.591. The van der Waals surface area contributed by atoms with Crippen molar-refractivity contribution in [1.29, 1.82) is 5.26 Å². The van der Waals surface area contributed by atoms with Gasteiger partial charge in [0.15, 0.2) is 0 Å². The van der Waals surface area contributed by atoms with Crippen molar-refractivity contribution in [3.05, 3.63) is 29.8 Å². The molecule has 0 saturated carbocycles. The molecule has 1 atom stereocenters. The van der Waals surface area contributed by atoms with E-state index in [1.807, 2.05) is 6.07 Å². The van der Waals surface area contributed by atoms with Gasteiger partial charge in [0.2, 0.25) is 0 Å². The Labute approximate surface area is 126 Å². The molecule has 0 radical (unpaired) electrons. The lowest BCUT2D eigenvalue weighted by molar-refractivity contribution is 0.0982. The number of nitrogens with one attached hydrogen (secondary N) is 1. The molecule has 0 bridgehead atoms. The van der Waals surface area contributed by atoms with Crippen LogP contribution in [0.5, 0.6) is 5.75 Å². The van der Waals surface area contributed by atoms with Crippen molar-refractivity contribution in [3.8, 4) is 11.8 Å². The molecule has 0 saturated heterocycles. The Bertz CT molecular complexity index is 432. The summed E-state index contributed by atoms with van der Waals surface area (Å²) in [4.78, 5) is 0. The highest BCUT2D eigenvalue weighted by molar-refractivity contribution is 5.36. The molecule has 0 aromatic heterocycles. The molecule has 0 aliphatic rings. The fourth-order valence-corrected chi connectivity index (χ4v) is 1.67. The predicted molar refractivity (Wildman–Crippen MR) is 81.3 cm³/mol. The van der Waals surface area contributed by atoms with E-state index in [2.05, 4.69) is 12.2 Å². The van der Waals surface area contributed by atoms with Crippen molar-refractivity contribution in [1.82, 2.24) is 5.32 Å². The molecule has 0 aliphatic carbocycles. The fourth-order valence-electron chi connectivity index (χ4n) is 1.67. The fraction of sp³-hybridized carbons (Fsp3) is 0.562. The molecule has 116 valence electrons. The molecule has 0 amide bonds. The molecule has 5 nitrogen and oxygen atoms in total. The first-order chi connectivity index (χ1) is 10.3. The third kappa shape index (κ3) is 8.30. The Morgan fingerprint density at radius 1 is 1.38 bits per heavy atom. The van der Waals surface area contributed by atoms with Crippen molar-refractivity contribution < 1.29 is 14.6 Å². The second-order valence-electron chi connectivity index (χ2n) is 4.77. The van der Waals surface area contributed by atoms with E-state index >= 15 is 0 Å². The largest absolute Gasteiger partial charge is 0.491 e. The second-order valence-corrected chi connectivity index (χ2v) is 4.77. The molecule has 0 fully saturated rings. The van der Waals surface area contributed by atoms with E-state index in [0.29, 0.717) is 31.0 Å². The molecule has 1 unspecified atom stereocenters. The number of nitrogens with zero attached hydrogens (tertiary/aromatic N) is 1.